The summed E-state index contributed by atoms with van der Waals surface area (Å²) in [4.78, 5) is 28.7. The van der Waals surface area contributed by atoms with E-state index in [-0.39, 0.29) is 5.56 Å². The van der Waals surface area contributed by atoms with E-state index in [9.17, 15) is 9.90 Å². The maximum Gasteiger partial charge on any atom is 0.276 e. The average molecular weight is 388 g/mol. The highest BCUT2D eigenvalue weighted by Crippen LogP contribution is 2.42. The first-order chi connectivity index (χ1) is 13.1. The molecule has 2 aliphatic rings. The number of hydrogen-bond acceptors (Lipinski definition) is 7. The number of H-pyrrole nitrogens is 1. The van der Waals surface area contributed by atoms with Crippen LogP contribution >= 0.6 is 11.6 Å². The van der Waals surface area contributed by atoms with Gasteiger partial charge in [-0.3, -0.25) is 14.7 Å². The minimum absolute atomic E-state index is 0.244. The largest absolute Gasteiger partial charge is 0.373 e. The molecule has 1 fully saturated rings. The third kappa shape index (κ3) is 2.46. The number of nitrogens with zero attached hydrogens (tertiary/aromatic N) is 4. The van der Waals surface area contributed by atoms with Crippen LogP contribution in [0.5, 0.6) is 0 Å². The van der Waals surface area contributed by atoms with E-state index in [1.54, 1.807) is 4.57 Å². The van der Waals surface area contributed by atoms with Crippen LogP contribution in [0, 0.1) is 0 Å². The van der Waals surface area contributed by atoms with E-state index in [4.69, 9.17) is 11.6 Å². The summed E-state index contributed by atoms with van der Waals surface area (Å²) in [5.41, 5.74) is 0.972. The van der Waals surface area contributed by atoms with Crippen LogP contribution in [-0.2, 0) is 5.66 Å². The highest BCUT2D eigenvalue weighted by molar-refractivity contribution is 6.31. The van der Waals surface area contributed by atoms with Crippen LogP contribution in [-0.4, -0.2) is 29.6 Å². The first kappa shape index (κ1) is 16.7. The Kier molecular flexibility index (Phi) is 3.71. The molecule has 0 saturated heterocycles. The highest BCUT2D eigenvalue weighted by Gasteiger charge is 2.45. The zero-order valence-electron chi connectivity index (χ0n) is 14.4. The van der Waals surface area contributed by atoms with E-state index in [2.05, 4.69) is 30.6 Å². The lowest BCUT2D eigenvalue weighted by atomic mass is 9.89. The molecular formula is C17H18ClN7O2. The van der Waals surface area contributed by atoms with Gasteiger partial charge in [-0.15, -0.1) is 0 Å². The molecule has 0 radical (unpaired) electrons. The SMILES string of the molecule is O=c1c(Nc2ncnc3nc[nH]c23)cc(Cl)c2n1C1(CCCCC1)NC2O. The molecule has 5 rings (SSSR count). The van der Waals surface area contributed by atoms with Gasteiger partial charge in [0.2, 0.25) is 0 Å². The predicted octanol–water partition coefficient (Wildman–Crippen LogP) is 2.12. The van der Waals surface area contributed by atoms with Crippen LogP contribution in [0.3, 0.4) is 0 Å². The summed E-state index contributed by atoms with van der Waals surface area (Å²) in [6.07, 6.45) is 6.58. The number of fused-ring (bicyclic) bond motifs is 3. The quantitative estimate of drug-likeness (QED) is 0.531. The molecule has 9 nitrogen and oxygen atoms in total. The van der Waals surface area contributed by atoms with Crippen molar-refractivity contribution in [3.63, 3.8) is 0 Å². The van der Waals surface area contributed by atoms with Crippen LogP contribution in [0.2, 0.25) is 5.02 Å². The molecular weight excluding hydrogens is 370 g/mol. The molecule has 3 aromatic rings. The summed E-state index contributed by atoms with van der Waals surface area (Å²) in [7, 11) is 0. The van der Waals surface area contributed by atoms with E-state index >= 15 is 0 Å². The molecule has 1 aliphatic heterocycles. The number of aliphatic hydroxyl groups excluding tert-OH is 1. The Bertz CT molecular complexity index is 1090. The van der Waals surface area contributed by atoms with Gasteiger partial charge in [0.05, 0.1) is 17.0 Å². The molecule has 0 amide bonds. The normalized spacial score (nSPS) is 20.9. The van der Waals surface area contributed by atoms with Crippen LogP contribution < -0.4 is 16.2 Å². The Morgan fingerprint density at radius 2 is 2.07 bits per heavy atom. The Morgan fingerprint density at radius 1 is 1.26 bits per heavy atom. The number of nitrogens with one attached hydrogen (secondary N) is 3. The Labute approximate surface area is 158 Å². The lowest BCUT2D eigenvalue weighted by Gasteiger charge is -2.35. The van der Waals surface area contributed by atoms with Gasteiger partial charge in [0, 0.05) is 0 Å². The monoisotopic (exact) mass is 387 g/mol. The fraction of sp³-hybridized carbons (Fsp3) is 0.412. The van der Waals surface area contributed by atoms with Gasteiger partial charge in [-0.25, -0.2) is 15.0 Å². The van der Waals surface area contributed by atoms with Crippen molar-refractivity contribution in [1.82, 2.24) is 29.8 Å². The number of aromatic nitrogens is 5. The first-order valence-electron chi connectivity index (χ1n) is 8.92. The molecule has 10 heteroatoms. The number of halogens is 1. The van der Waals surface area contributed by atoms with Crippen molar-refractivity contribution in [3.8, 4) is 0 Å². The molecule has 0 bridgehead atoms. The van der Waals surface area contributed by atoms with Crippen LogP contribution in [0.4, 0.5) is 11.5 Å². The molecule has 140 valence electrons. The number of pyridine rings is 1. The van der Waals surface area contributed by atoms with Gasteiger partial charge in [0.15, 0.2) is 11.5 Å². The van der Waals surface area contributed by atoms with Crippen molar-refractivity contribution in [2.45, 2.75) is 44.0 Å². The zero-order valence-corrected chi connectivity index (χ0v) is 15.1. The third-order valence-electron chi connectivity index (χ3n) is 5.44. The van der Waals surface area contributed by atoms with Crippen LogP contribution in [0.15, 0.2) is 23.5 Å². The van der Waals surface area contributed by atoms with Crippen molar-refractivity contribution in [1.29, 1.82) is 0 Å². The number of imidazole rings is 1. The highest BCUT2D eigenvalue weighted by atomic mass is 35.5. The average Bonchev–Trinajstić information content (AvgIpc) is 3.24. The summed E-state index contributed by atoms with van der Waals surface area (Å²) in [5, 5.41) is 17.1. The van der Waals surface area contributed by atoms with E-state index < -0.39 is 11.9 Å². The van der Waals surface area contributed by atoms with Crippen molar-refractivity contribution in [2.75, 3.05) is 5.32 Å². The fourth-order valence-electron chi connectivity index (χ4n) is 4.25. The van der Waals surface area contributed by atoms with Gasteiger partial charge in [-0.2, -0.15) is 0 Å². The summed E-state index contributed by atoms with van der Waals surface area (Å²) in [5.74, 6) is 0.440. The predicted molar refractivity (Wildman–Crippen MR) is 99.8 cm³/mol. The summed E-state index contributed by atoms with van der Waals surface area (Å²) in [6.45, 7) is 0. The van der Waals surface area contributed by atoms with E-state index in [1.165, 1.54) is 18.7 Å². The summed E-state index contributed by atoms with van der Waals surface area (Å²) < 4.78 is 1.63. The number of aromatic amines is 1. The lowest BCUT2D eigenvalue weighted by Crippen LogP contribution is -2.48. The summed E-state index contributed by atoms with van der Waals surface area (Å²) >= 11 is 6.45. The molecule has 0 aromatic carbocycles. The number of hydrogen-bond donors (Lipinski definition) is 4. The molecule has 1 saturated carbocycles. The Balaban J connectivity index is 1.65. The smallest absolute Gasteiger partial charge is 0.276 e. The molecule has 4 N–H and O–H groups in total. The molecule has 1 atom stereocenters. The van der Waals surface area contributed by atoms with Crippen molar-refractivity contribution >= 4 is 34.3 Å². The molecule has 1 unspecified atom stereocenters. The first-order valence-corrected chi connectivity index (χ1v) is 9.30. The van der Waals surface area contributed by atoms with E-state index in [0.717, 1.165) is 32.1 Å². The second-order valence-electron chi connectivity index (χ2n) is 7.02. The standard InChI is InChI=1S/C17H18ClN7O2/c18-9-6-10(23-14-11-13(20-7-19-11)21-8-22-14)16(27)25-12(9)15(26)24-17(25)4-2-1-3-5-17/h6-8,15,24,26H,1-5H2,(H2,19,20,21,22,23). The van der Waals surface area contributed by atoms with Gasteiger partial charge >= 0.3 is 0 Å². The maximum absolute atomic E-state index is 13.3. The van der Waals surface area contributed by atoms with Gasteiger partial charge in [0.1, 0.15) is 29.4 Å². The van der Waals surface area contributed by atoms with Gasteiger partial charge in [-0.1, -0.05) is 18.0 Å². The van der Waals surface area contributed by atoms with Crippen molar-refractivity contribution in [2.24, 2.45) is 0 Å². The van der Waals surface area contributed by atoms with Gasteiger partial charge in [0.25, 0.3) is 5.56 Å². The number of rotatable bonds is 2. The summed E-state index contributed by atoms with van der Waals surface area (Å²) in [6, 6.07) is 1.53. The molecule has 1 spiro atoms. The second-order valence-corrected chi connectivity index (χ2v) is 7.43. The second kappa shape index (κ2) is 6.01. The van der Waals surface area contributed by atoms with Crippen LogP contribution in [0.25, 0.3) is 11.2 Å². The fourth-order valence-corrected chi connectivity index (χ4v) is 4.54. The zero-order chi connectivity index (χ0) is 18.6. The molecule has 27 heavy (non-hydrogen) atoms. The van der Waals surface area contributed by atoms with Crippen LogP contribution in [0.1, 0.15) is 44.0 Å². The number of anilines is 2. The van der Waals surface area contributed by atoms with E-state index in [0.29, 0.717) is 33.4 Å². The van der Waals surface area contributed by atoms with Gasteiger partial charge in [-0.05, 0) is 31.7 Å². The molecule has 4 heterocycles. The minimum Gasteiger partial charge on any atom is -0.373 e. The van der Waals surface area contributed by atoms with E-state index in [1.807, 2.05) is 0 Å². The molecule has 3 aromatic heterocycles. The van der Waals surface area contributed by atoms with Crippen molar-refractivity contribution < 1.29 is 5.11 Å². The third-order valence-corrected chi connectivity index (χ3v) is 5.74. The minimum atomic E-state index is -0.962. The van der Waals surface area contributed by atoms with Crippen molar-refractivity contribution in [3.05, 3.63) is 39.8 Å². The van der Waals surface area contributed by atoms with Gasteiger partial charge < -0.3 is 15.4 Å². The Hall–Kier alpha value is -2.49. The topological polar surface area (TPSA) is 121 Å². The lowest BCUT2D eigenvalue weighted by molar-refractivity contribution is 0.0787. The molecule has 1 aliphatic carbocycles. The number of aliphatic hydroxyl groups is 1. The Morgan fingerprint density at radius 3 is 2.89 bits per heavy atom. The maximum atomic E-state index is 13.3.